The maximum atomic E-state index is 5.77. The highest BCUT2D eigenvalue weighted by Crippen LogP contribution is 2.36. The molecule has 1 rings (SSSR count). The summed E-state index contributed by atoms with van der Waals surface area (Å²) < 4.78 is 16.4. The van der Waals surface area contributed by atoms with Gasteiger partial charge in [-0.15, -0.1) is 0 Å². The van der Waals surface area contributed by atoms with E-state index in [1.807, 2.05) is 39.0 Å². The molecule has 1 aromatic carbocycles. The van der Waals surface area contributed by atoms with Gasteiger partial charge in [0.25, 0.3) is 0 Å². The van der Waals surface area contributed by atoms with Crippen molar-refractivity contribution >= 4 is 0 Å². The highest BCUT2D eigenvalue weighted by atomic mass is 16.5. The summed E-state index contributed by atoms with van der Waals surface area (Å²) in [5, 5.41) is 0. The quantitative estimate of drug-likeness (QED) is 0.585. The van der Waals surface area contributed by atoms with Crippen LogP contribution < -0.4 is 20.7 Å². The van der Waals surface area contributed by atoms with Crippen molar-refractivity contribution in [1.29, 1.82) is 0 Å². The van der Waals surface area contributed by atoms with Crippen molar-refractivity contribution in [3.8, 4) is 11.5 Å². The molecule has 0 aliphatic heterocycles. The first-order chi connectivity index (χ1) is 9.00. The second-order valence-electron chi connectivity index (χ2n) is 4.74. The lowest BCUT2D eigenvalue weighted by Gasteiger charge is -2.34. The molecule has 0 radical (unpaired) electrons. The van der Waals surface area contributed by atoms with Crippen LogP contribution in [0.4, 0.5) is 0 Å². The molecule has 1 unspecified atom stereocenters. The number of hydrogen-bond acceptors (Lipinski definition) is 5. The smallest absolute Gasteiger partial charge is 0.124 e. The molecular formula is C14H24N2O3. The van der Waals surface area contributed by atoms with E-state index in [0.29, 0.717) is 6.61 Å². The number of hydrogen-bond donors (Lipinski definition) is 2. The Morgan fingerprint density at radius 1 is 1.26 bits per heavy atom. The zero-order chi connectivity index (χ0) is 14.5. The Balaban J connectivity index is 3.22. The van der Waals surface area contributed by atoms with Gasteiger partial charge in [-0.1, -0.05) is 0 Å². The maximum Gasteiger partial charge on any atom is 0.124 e. The average molecular weight is 268 g/mol. The number of ether oxygens (including phenoxy) is 3. The number of benzene rings is 1. The fraction of sp³-hybridized carbons (Fsp3) is 0.571. The van der Waals surface area contributed by atoms with Crippen molar-refractivity contribution in [2.75, 3.05) is 20.8 Å². The molecule has 5 nitrogen and oxygen atoms in total. The molecule has 5 heteroatoms. The minimum Gasteiger partial charge on any atom is -0.497 e. The molecule has 0 saturated carbocycles. The highest BCUT2D eigenvalue weighted by Gasteiger charge is 2.33. The van der Waals surface area contributed by atoms with Gasteiger partial charge in [0.15, 0.2) is 0 Å². The number of nitrogens with one attached hydrogen (secondary N) is 1. The van der Waals surface area contributed by atoms with Crippen molar-refractivity contribution in [1.82, 2.24) is 5.43 Å². The molecule has 0 aliphatic carbocycles. The Bertz CT molecular complexity index is 408. The van der Waals surface area contributed by atoms with E-state index in [-0.39, 0.29) is 6.04 Å². The van der Waals surface area contributed by atoms with Crippen molar-refractivity contribution in [3.63, 3.8) is 0 Å². The third-order valence-electron chi connectivity index (χ3n) is 3.13. The third kappa shape index (κ3) is 3.59. The molecule has 1 aromatic rings. The molecule has 0 bridgehead atoms. The number of methoxy groups -OCH3 is 2. The minimum atomic E-state index is -0.469. The SMILES string of the molecule is CCOC(C)(C)C(NN)c1cc(OC)ccc1OC. The van der Waals surface area contributed by atoms with E-state index in [0.717, 1.165) is 17.1 Å². The summed E-state index contributed by atoms with van der Waals surface area (Å²) in [6.07, 6.45) is 0. The molecule has 0 spiro atoms. The molecule has 0 aromatic heterocycles. The first-order valence-corrected chi connectivity index (χ1v) is 6.32. The van der Waals surface area contributed by atoms with Gasteiger partial charge >= 0.3 is 0 Å². The van der Waals surface area contributed by atoms with Gasteiger partial charge in [0, 0.05) is 12.2 Å². The second kappa shape index (κ2) is 6.75. The lowest BCUT2D eigenvalue weighted by Crippen LogP contribution is -2.44. The van der Waals surface area contributed by atoms with Gasteiger partial charge in [-0.25, -0.2) is 5.43 Å². The van der Waals surface area contributed by atoms with E-state index in [1.165, 1.54) is 0 Å². The molecule has 0 saturated heterocycles. The Labute approximate surface area is 115 Å². The second-order valence-corrected chi connectivity index (χ2v) is 4.74. The Morgan fingerprint density at radius 3 is 2.42 bits per heavy atom. The van der Waals surface area contributed by atoms with E-state index in [9.17, 15) is 0 Å². The molecule has 108 valence electrons. The van der Waals surface area contributed by atoms with Crippen LogP contribution in [0.2, 0.25) is 0 Å². The summed E-state index contributed by atoms with van der Waals surface area (Å²) in [6, 6.07) is 5.41. The predicted molar refractivity (Wildman–Crippen MR) is 75.3 cm³/mol. The van der Waals surface area contributed by atoms with Gasteiger partial charge in [0.05, 0.1) is 25.9 Å². The Kier molecular flexibility index (Phi) is 5.60. The molecule has 0 fully saturated rings. The topological polar surface area (TPSA) is 65.7 Å². The Morgan fingerprint density at radius 2 is 1.95 bits per heavy atom. The van der Waals surface area contributed by atoms with Gasteiger partial charge in [0.1, 0.15) is 11.5 Å². The van der Waals surface area contributed by atoms with Gasteiger partial charge in [-0.3, -0.25) is 5.84 Å². The van der Waals surface area contributed by atoms with Crippen LogP contribution in [-0.4, -0.2) is 26.4 Å². The van der Waals surface area contributed by atoms with E-state index in [4.69, 9.17) is 20.1 Å². The molecule has 1 atom stereocenters. The van der Waals surface area contributed by atoms with Crippen molar-refractivity contribution < 1.29 is 14.2 Å². The largest absolute Gasteiger partial charge is 0.497 e. The summed E-state index contributed by atoms with van der Waals surface area (Å²) >= 11 is 0. The Hall–Kier alpha value is -1.30. The van der Waals surface area contributed by atoms with Gasteiger partial charge in [0.2, 0.25) is 0 Å². The van der Waals surface area contributed by atoms with E-state index in [2.05, 4.69) is 5.43 Å². The van der Waals surface area contributed by atoms with Gasteiger partial charge in [-0.2, -0.15) is 0 Å². The molecule has 0 aliphatic rings. The van der Waals surface area contributed by atoms with E-state index >= 15 is 0 Å². The normalized spacial score (nSPS) is 13.2. The highest BCUT2D eigenvalue weighted by molar-refractivity contribution is 5.43. The van der Waals surface area contributed by atoms with E-state index < -0.39 is 5.60 Å². The lowest BCUT2D eigenvalue weighted by atomic mass is 9.91. The maximum absolute atomic E-state index is 5.77. The summed E-state index contributed by atoms with van der Waals surface area (Å²) in [5.41, 5.74) is 3.25. The molecule has 3 N–H and O–H groups in total. The van der Waals surface area contributed by atoms with Crippen LogP contribution >= 0.6 is 0 Å². The first kappa shape index (κ1) is 15.8. The number of rotatable bonds is 7. The summed E-state index contributed by atoms with van der Waals surface area (Å²) in [4.78, 5) is 0. The number of nitrogens with two attached hydrogens (primary N) is 1. The summed E-state index contributed by atoms with van der Waals surface area (Å²) in [5.74, 6) is 7.21. The lowest BCUT2D eigenvalue weighted by molar-refractivity contribution is -0.0397. The zero-order valence-electron chi connectivity index (χ0n) is 12.3. The van der Waals surface area contributed by atoms with Crippen LogP contribution in [0.5, 0.6) is 11.5 Å². The van der Waals surface area contributed by atoms with Crippen molar-refractivity contribution in [2.24, 2.45) is 5.84 Å². The van der Waals surface area contributed by atoms with Crippen LogP contribution in [0.3, 0.4) is 0 Å². The van der Waals surface area contributed by atoms with Crippen molar-refractivity contribution in [3.05, 3.63) is 23.8 Å². The fourth-order valence-corrected chi connectivity index (χ4v) is 2.19. The average Bonchev–Trinajstić information content (AvgIpc) is 2.39. The van der Waals surface area contributed by atoms with Crippen LogP contribution in [0.15, 0.2) is 18.2 Å². The summed E-state index contributed by atoms with van der Waals surface area (Å²) in [6.45, 7) is 6.54. The molecule has 19 heavy (non-hydrogen) atoms. The predicted octanol–water partition coefficient (Wildman–Crippen LogP) is 2.02. The molecule has 0 heterocycles. The molecule has 0 amide bonds. The van der Waals surface area contributed by atoms with Crippen LogP contribution in [0.25, 0.3) is 0 Å². The van der Waals surface area contributed by atoms with Crippen LogP contribution in [0.1, 0.15) is 32.4 Å². The monoisotopic (exact) mass is 268 g/mol. The van der Waals surface area contributed by atoms with Gasteiger partial charge in [-0.05, 0) is 39.0 Å². The summed E-state index contributed by atoms with van der Waals surface area (Å²) in [7, 11) is 3.26. The van der Waals surface area contributed by atoms with Crippen LogP contribution in [0, 0.1) is 0 Å². The molecular weight excluding hydrogens is 244 g/mol. The van der Waals surface area contributed by atoms with Crippen molar-refractivity contribution in [2.45, 2.75) is 32.4 Å². The number of hydrazine groups is 1. The first-order valence-electron chi connectivity index (χ1n) is 6.32. The fourth-order valence-electron chi connectivity index (χ4n) is 2.19. The third-order valence-corrected chi connectivity index (χ3v) is 3.13. The zero-order valence-corrected chi connectivity index (χ0v) is 12.3. The van der Waals surface area contributed by atoms with Gasteiger partial charge < -0.3 is 14.2 Å². The minimum absolute atomic E-state index is 0.211. The van der Waals surface area contributed by atoms with Crippen LogP contribution in [-0.2, 0) is 4.74 Å². The standard InChI is InChI=1S/C14H24N2O3/c1-6-19-14(2,3)13(16-15)11-9-10(17-4)7-8-12(11)18-5/h7-9,13,16H,6,15H2,1-5H3. The van der Waals surface area contributed by atoms with E-state index in [1.54, 1.807) is 14.2 Å².